The Labute approximate surface area is 111 Å². The molecule has 0 saturated carbocycles. The number of hydrogen-bond acceptors (Lipinski definition) is 4. The summed E-state index contributed by atoms with van der Waals surface area (Å²) >= 11 is 0. The van der Waals surface area contributed by atoms with Crippen LogP contribution in [0.15, 0.2) is 24.3 Å². The number of hydrogen-bond donors (Lipinski definition) is 2. The molecule has 6 nitrogen and oxygen atoms in total. The van der Waals surface area contributed by atoms with E-state index in [1.807, 2.05) is 0 Å². The standard InChI is InChI=1S/C13H17N3O3/c1-9(8-14)12(17)15-10-3-2-4-11(7-10)16-5-6-19-13(16)18/h2-4,7,9H,5-6,8,14H2,1H3,(H,15,17). The monoisotopic (exact) mass is 263 g/mol. The lowest BCUT2D eigenvalue weighted by atomic mass is 10.1. The third kappa shape index (κ3) is 3.03. The van der Waals surface area contributed by atoms with E-state index < -0.39 is 0 Å². The summed E-state index contributed by atoms with van der Waals surface area (Å²) in [7, 11) is 0. The maximum absolute atomic E-state index is 11.7. The highest BCUT2D eigenvalue weighted by Gasteiger charge is 2.23. The molecule has 0 bridgehead atoms. The van der Waals surface area contributed by atoms with E-state index in [9.17, 15) is 9.59 Å². The van der Waals surface area contributed by atoms with E-state index in [-0.39, 0.29) is 17.9 Å². The van der Waals surface area contributed by atoms with Gasteiger partial charge in [0.2, 0.25) is 5.91 Å². The second-order valence-corrected chi connectivity index (χ2v) is 4.44. The Balaban J connectivity index is 2.11. The quantitative estimate of drug-likeness (QED) is 0.854. The van der Waals surface area contributed by atoms with Crippen LogP contribution < -0.4 is 16.0 Å². The van der Waals surface area contributed by atoms with Crippen molar-refractivity contribution in [2.45, 2.75) is 6.92 Å². The zero-order valence-corrected chi connectivity index (χ0v) is 10.8. The highest BCUT2D eigenvalue weighted by atomic mass is 16.6. The van der Waals surface area contributed by atoms with E-state index >= 15 is 0 Å². The van der Waals surface area contributed by atoms with Crippen LogP contribution in [0.25, 0.3) is 0 Å². The van der Waals surface area contributed by atoms with Gasteiger partial charge in [-0.15, -0.1) is 0 Å². The van der Waals surface area contributed by atoms with Gasteiger partial charge in [-0.1, -0.05) is 13.0 Å². The number of benzene rings is 1. The van der Waals surface area contributed by atoms with Crippen LogP contribution in [0.1, 0.15) is 6.92 Å². The van der Waals surface area contributed by atoms with Crippen molar-refractivity contribution in [3.05, 3.63) is 24.3 Å². The molecule has 0 radical (unpaired) electrons. The van der Waals surface area contributed by atoms with E-state index in [2.05, 4.69) is 5.32 Å². The van der Waals surface area contributed by atoms with E-state index in [1.54, 1.807) is 31.2 Å². The van der Waals surface area contributed by atoms with Crippen LogP contribution in [-0.4, -0.2) is 31.7 Å². The first-order valence-corrected chi connectivity index (χ1v) is 6.17. The Morgan fingerprint density at radius 3 is 3.00 bits per heavy atom. The molecule has 2 amide bonds. The maximum Gasteiger partial charge on any atom is 0.414 e. The SMILES string of the molecule is CC(CN)C(=O)Nc1cccc(N2CCOC2=O)c1. The molecule has 102 valence electrons. The fourth-order valence-corrected chi connectivity index (χ4v) is 1.75. The zero-order chi connectivity index (χ0) is 13.8. The Kier molecular flexibility index (Phi) is 4.01. The van der Waals surface area contributed by atoms with Gasteiger partial charge in [0.05, 0.1) is 6.54 Å². The number of carbonyl (C=O) groups is 2. The van der Waals surface area contributed by atoms with Crippen LogP contribution in [0.2, 0.25) is 0 Å². The van der Waals surface area contributed by atoms with E-state index in [4.69, 9.17) is 10.5 Å². The maximum atomic E-state index is 11.7. The summed E-state index contributed by atoms with van der Waals surface area (Å²) < 4.78 is 4.88. The third-order valence-corrected chi connectivity index (χ3v) is 2.99. The number of anilines is 2. The predicted molar refractivity (Wildman–Crippen MR) is 72.0 cm³/mol. The van der Waals surface area contributed by atoms with Gasteiger partial charge in [-0.3, -0.25) is 9.69 Å². The Morgan fingerprint density at radius 2 is 2.37 bits per heavy atom. The third-order valence-electron chi connectivity index (χ3n) is 2.99. The van der Waals surface area contributed by atoms with Gasteiger partial charge < -0.3 is 15.8 Å². The largest absolute Gasteiger partial charge is 0.447 e. The van der Waals surface area contributed by atoms with Crippen LogP contribution in [0.4, 0.5) is 16.2 Å². The molecule has 1 aromatic carbocycles. The van der Waals surface area contributed by atoms with Gasteiger partial charge >= 0.3 is 6.09 Å². The first kappa shape index (κ1) is 13.4. The summed E-state index contributed by atoms with van der Waals surface area (Å²) in [4.78, 5) is 24.7. The second kappa shape index (κ2) is 5.71. The molecular weight excluding hydrogens is 246 g/mol. The second-order valence-electron chi connectivity index (χ2n) is 4.44. The summed E-state index contributed by atoms with van der Waals surface area (Å²) in [5.74, 6) is -0.385. The van der Waals surface area contributed by atoms with Crippen LogP contribution in [0.5, 0.6) is 0 Å². The average Bonchev–Trinajstić information content (AvgIpc) is 2.84. The highest BCUT2D eigenvalue weighted by Crippen LogP contribution is 2.22. The summed E-state index contributed by atoms with van der Waals surface area (Å²) in [5.41, 5.74) is 6.79. The summed E-state index contributed by atoms with van der Waals surface area (Å²) in [6.45, 7) is 2.97. The zero-order valence-electron chi connectivity index (χ0n) is 10.8. The minimum Gasteiger partial charge on any atom is -0.447 e. The number of nitrogens with one attached hydrogen (secondary N) is 1. The molecule has 0 spiro atoms. The smallest absolute Gasteiger partial charge is 0.414 e. The van der Waals surface area contributed by atoms with Crippen LogP contribution in [0, 0.1) is 5.92 Å². The molecule has 1 aliphatic rings. The average molecular weight is 263 g/mol. The van der Waals surface area contributed by atoms with Gasteiger partial charge in [-0.05, 0) is 18.2 Å². The lowest BCUT2D eigenvalue weighted by Crippen LogP contribution is -2.27. The van der Waals surface area contributed by atoms with Crippen molar-refractivity contribution in [1.29, 1.82) is 0 Å². The number of nitrogens with two attached hydrogens (primary N) is 1. The van der Waals surface area contributed by atoms with Gasteiger partial charge in [-0.2, -0.15) is 0 Å². The number of nitrogens with zero attached hydrogens (tertiary/aromatic N) is 1. The number of rotatable bonds is 4. The Morgan fingerprint density at radius 1 is 1.58 bits per heavy atom. The first-order valence-electron chi connectivity index (χ1n) is 6.17. The molecule has 1 saturated heterocycles. The summed E-state index contributed by atoms with van der Waals surface area (Å²) in [5, 5.41) is 2.77. The van der Waals surface area contributed by atoms with Crippen molar-refractivity contribution in [2.75, 3.05) is 29.9 Å². The van der Waals surface area contributed by atoms with Crippen molar-refractivity contribution in [3.63, 3.8) is 0 Å². The predicted octanol–water partition coefficient (Wildman–Crippen LogP) is 1.18. The van der Waals surface area contributed by atoms with E-state index in [0.717, 1.165) is 0 Å². The van der Waals surface area contributed by atoms with Crippen molar-refractivity contribution >= 4 is 23.4 Å². The van der Waals surface area contributed by atoms with Crippen LogP contribution in [0.3, 0.4) is 0 Å². The number of cyclic esters (lactones) is 1. The molecule has 2 rings (SSSR count). The van der Waals surface area contributed by atoms with E-state index in [1.165, 1.54) is 4.90 Å². The van der Waals surface area contributed by atoms with Crippen molar-refractivity contribution < 1.29 is 14.3 Å². The van der Waals surface area contributed by atoms with E-state index in [0.29, 0.717) is 31.1 Å². The lowest BCUT2D eigenvalue weighted by molar-refractivity contribution is -0.119. The number of amides is 2. The highest BCUT2D eigenvalue weighted by molar-refractivity contribution is 5.94. The van der Waals surface area contributed by atoms with Crippen molar-refractivity contribution in [2.24, 2.45) is 11.7 Å². The number of carbonyl (C=O) groups excluding carboxylic acids is 2. The Hall–Kier alpha value is -2.08. The molecule has 3 N–H and O–H groups in total. The summed E-state index contributed by atoms with van der Waals surface area (Å²) in [6.07, 6.45) is -0.362. The molecule has 0 aliphatic carbocycles. The molecule has 6 heteroatoms. The van der Waals surface area contributed by atoms with Crippen molar-refractivity contribution in [3.8, 4) is 0 Å². The van der Waals surface area contributed by atoms with Crippen LogP contribution >= 0.6 is 0 Å². The molecule has 1 aromatic rings. The van der Waals surface area contributed by atoms with Gasteiger partial charge in [0.1, 0.15) is 6.61 Å². The molecule has 0 aromatic heterocycles. The number of ether oxygens (including phenoxy) is 1. The van der Waals surface area contributed by atoms with Gasteiger partial charge in [0, 0.05) is 23.8 Å². The summed E-state index contributed by atoms with van der Waals surface area (Å²) in [6, 6.07) is 7.10. The first-order chi connectivity index (χ1) is 9.11. The normalized spacial score (nSPS) is 16.1. The fraction of sp³-hybridized carbons (Fsp3) is 0.385. The topological polar surface area (TPSA) is 84.7 Å². The molecule has 1 fully saturated rings. The minimum atomic E-state index is -0.362. The molecule has 1 aliphatic heterocycles. The van der Waals surface area contributed by atoms with Gasteiger partial charge in [-0.25, -0.2) is 4.79 Å². The Bertz CT molecular complexity index is 490. The minimum absolute atomic E-state index is 0.136. The fourth-order valence-electron chi connectivity index (χ4n) is 1.75. The molecule has 1 atom stereocenters. The van der Waals surface area contributed by atoms with Crippen molar-refractivity contribution in [1.82, 2.24) is 0 Å². The molecular formula is C13H17N3O3. The molecule has 1 unspecified atom stereocenters. The van der Waals surface area contributed by atoms with Gasteiger partial charge in [0.25, 0.3) is 0 Å². The van der Waals surface area contributed by atoms with Crippen LogP contribution in [-0.2, 0) is 9.53 Å². The lowest BCUT2D eigenvalue weighted by Gasteiger charge is -2.15. The van der Waals surface area contributed by atoms with Gasteiger partial charge in [0.15, 0.2) is 0 Å². The molecule has 1 heterocycles. The molecule has 19 heavy (non-hydrogen) atoms.